The molecule has 1 fully saturated rings. The number of carbonyl (C=O) groups is 1. The van der Waals surface area contributed by atoms with E-state index >= 15 is 0 Å². The Kier molecular flexibility index (Phi) is 6.25. The van der Waals surface area contributed by atoms with Gasteiger partial charge in [0.15, 0.2) is 23.3 Å². The number of benzene rings is 1. The quantitative estimate of drug-likeness (QED) is 0.372. The van der Waals surface area contributed by atoms with Gasteiger partial charge in [-0.25, -0.2) is 17.6 Å². The summed E-state index contributed by atoms with van der Waals surface area (Å²) in [5, 5.41) is 0. The number of halogens is 6. The summed E-state index contributed by atoms with van der Waals surface area (Å²) in [6.45, 7) is 1.93. The van der Waals surface area contributed by atoms with Gasteiger partial charge in [0.1, 0.15) is 11.1 Å². The number of rotatable bonds is 6. The summed E-state index contributed by atoms with van der Waals surface area (Å²) >= 11 is 11.2. The Morgan fingerprint density at radius 2 is 1.50 bits per heavy atom. The Bertz CT molecular complexity index is 732. The van der Waals surface area contributed by atoms with Crippen LogP contribution in [0.25, 0.3) is 0 Å². The van der Waals surface area contributed by atoms with E-state index in [-0.39, 0.29) is 10.4 Å². The van der Waals surface area contributed by atoms with Gasteiger partial charge in [0.2, 0.25) is 0 Å². The molecule has 0 aromatic heterocycles. The van der Waals surface area contributed by atoms with E-state index in [9.17, 15) is 22.4 Å². The molecule has 1 saturated carbocycles. The van der Waals surface area contributed by atoms with Crippen LogP contribution in [0.3, 0.4) is 0 Å². The number of ether oxygens (including phenoxy) is 2. The minimum atomic E-state index is -1.63. The first-order chi connectivity index (χ1) is 12.0. The van der Waals surface area contributed by atoms with Gasteiger partial charge in [0.25, 0.3) is 0 Å². The maximum absolute atomic E-state index is 14.0. The van der Waals surface area contributed by atoms with Crippen LogP contribution in [0.1, 0.15) is 25.0 Å². The van der Waals surface area contributed by atoms with E-state index in [4.69, 9.17) is 27.9 Å². The molecule has 0 bridgehead atoms. The summed E-state index contributed by atoms with van der Waals surface area (Å²) in [5.41, 5.74) is -2.39. The zero-order valence-corrected chi connectivity index (χ0v) is 15.7. The predicted octanol–water partition coefficient (Wildman–Crippen LogP) is 5.02. The molecule has 0 heterocycles. The van der Waals surface area contributed by atoms with Gasteiger partial charge in [-0.3, -0.25) is 4.79 Å². The molecule has 3 nitrogen and oxygen atoms in total. The van der Waals surface area contributed by atoms with Crippen LogP contribution in [-0.2, 0) is 27.5 Å². The molecule has 0 N–H and O–H groups in total. The molecular weight excluding hydrogens is 399 g/mol. The molecular formula is C17H16Cl2F4O3. The van der Waals surface area contributed by atoms with Gasteiger partial charge < -0.3 is 9.47 Å². The lowest BCUT2D eigenvalue weighted by Crippen LogP contribution is -2.15. The molecule has 2 rings (SSSR count). The van der Waals surface area contributed by atoms with Crippen molar-refractivity contribution in [3.05, 3.63) is 45.0 Å². The number of methoxy groups -OCH3 is 1. The molecule has 26 heavy (non-hydrogen) atoms. The third-order valence-corrected chi connectivity index (χ3v) is 4.81. The molecule has 1 aromatic rings. The second kappa shape index (κ2) is 7.74. The second-order valence-electron chi connectivity index (χ2n) is 6.53. The van der Waals surface area contributed by atoms with Crippen LogP contribution in [0.15, 0.2) is 10.6 Å². The summed E-state index contributed by atoms with van der Waals surface area (Å²) in [6.07, 6.45) is 1.47. The SMILES string of the molecule is COCc1c(F)c(F)c(COC(=O)[C@@H]2[C@@H](C=C(Cl)Cl)C2(C)C)c(F)c1F. The van der Waals surface area contributed by atoms with Crippen molar-refractivity contribution in [1.29, 1.82) is 0 Å². The van der Waals surface area contributed by atoms with E-state index in [1.807, 2.05) is 0 Å². The number of allylic oxidation sites excluding steroid dienone is 1. The second-order valence-corrected chi connectivity index (χ2v) is 7.54. The van der Waals surface area contributed by atoms with Gasteiger partial charge in [-0.2, -0.15) is 0 Å². The Morgan fingerprint density at radius 1 is 1.04 bits per heavy atom. The number of esters is 1. The first-order valence-corrected chi connectivity index (χ1v) is 8.31. The topological polar surface area (TPSA) is 35.5 Å². The fraction of sp³-hybridized carbons (Fsp3) is 0.471. The van der Waals surface area contributed by atoms with E-state index in [1.54, 1.807) is 13.8 Å². The van der Waals surface area contributed by atoms with Crippen LogP contribution >= 0.6 is 23.2 Å². The highest BCUT2D eigenvalue weighted by atomic mass is 35.5. The highest BCUT2D eigenvalue weighted by Crippen LogP contribution is 2.60. The number of hydrogen-bond donors (Lipinski definition) is 0. The van der Waals surface area contributed by atoms with Crippen LogP contribution in [0.4, 0.5) is 17.6 Å². The third-order valence-electron chi connectivity index (χ3n) is 4.56. The molecule has 0 saturated heterocycles. The molecule has 9 heteroatoms. The fourth-order valence-electron chi connectivity index (χ4n) is 2.93. The average molecular weight is 415 g/mol. The van der Waals surface area contributed by atoms with E-state index in [0.717, 1.165) is 7.11 Å². The Labute approximate surface area is 157 Å². The van der Waals surface area contributed by atoms with Crippen molar-refractivity contribution in [2.45, 2.75) is 27.1 Å². The van der Waals surface area contributed by atoms with Crippen molar-refractivity contribution in [3.63, 3.8) is 0 Å². The van der Waals surface area contributed by atoms with Crippen LogP contribution in [-0.4, -0.2) is 13.1 Å². The first-order valence-electron chi connectivity index (χ1n) is 7.56. The van der Waals surface area contributed by atoms with Crippen molar-refractivity contribution >= 4 is 29.2 Å². The van der Waals surface area contributed by atoms with Gasteiger partial charge in [-0.05, 0) is 17.4 Å². The van der Waals surface area contributed by atoms with Gasteiger partial charge >= 0.3 is 5.97 Å². The van der Waals surface area contributed by atoms with Crippen LogP contribution in [0.2, 0.25) is 0 Å². The summed E-state index contributed by atoms with van der Waals surface area (Å²) in [4.78, 5) is 12.2. The lowest BCUT2D eigenvalue weighted by atomic mass is 10.1. The first kappa shape index (κ1) is 21.0. The summed E-state index contributed by atoms with van der Waals surface area (Å²) in [5.74, 6) is -8.14. The molecule has 144 valence electrons. The van der Waals surface area contributed by atoms with E-state index in [2.05, 4.69) is 4.74 Å². The molecule has 2 atom stereocenters. The van der Waals surface area contributed by atoms with Crippen LogP contribution in [0.5, 0.6) is 0 Å². The molecule has 1 aromatic carbocycles. The van der Waals surface area contributed by atoms with Crippen molar-refractivity contribution in [2.24, 2.45) is 17.3 Å². The summed E-state index contributed by atoms with van der Waals surface area (Å²) in [7, 11) is 1.12. The largest absolute Gasteiger partial charge is 0.460 e. The van der Waals surface area contributed by atoms with E-state index in [0.29, 0.717) is 0 Å². The highest BCUT2D eigenvalue weighted by molar-refractivity contribution is 6.55. The zero-order valence-electron chi connectivity index (χ0n) is 14.1. The highest BCUT2D eigenvalue weighted by Gasteiger charge is 2.61. The molecule has 0 spiro atoms. The Balaban J connectivity index is 2.18. The summed E-state index contributed by atoms with van der Waals surface area (Å²) < 4.78 is 65.2. The molecule has 1 aliphatic rings. The molecule has 1 aliphatic carbocycles. The predicted molar refractivity (Wildman–Crippen MR) is 87.3 cm³/mol. The third kappa shape index (κ3) is 3.85. The van der Waals surface area contributed by atoms with Gasteiger partial charge in [0.05, 0.1) is 23.7 Å². The van der Waals surface area contributed by atoms with E-state index in [1.165, 1.54) is 6.08 Å². The van der Waals surface area contributed by atoms with Crippen LogP contribution < -0.4 is 0 Å². The standard InChI is InChI=1S/C17H16Cl2F4O3/c1-17(2)9(4-10(18)19)11(17)16(24)26-6-8-14(22)12(20)7(5-25-3)13(21)15(8)23/h4,9,11H,5-6H2,1-3H3/t9-,11+/m1/s1. The minimum Gasteiger partial charge on any atom is -0.460 e. The number of carbonyl (C=O) groups excluding carboxylic acids is 1. The Morgan fingerprint density at radius 3 is 1.92 bits per heavy atom. The molecule has 0 amide bonds. The Hall–Kier alpha value is -1.31. The monoisotopic (exact) mass is 414 g/mol. The molecule has 0 radical (unpaired) electrons. The number of hydrogen-bond acceptors (Lipinski definition) is 3. The average Bonchev–Trinajstić information content (AvgIpc) is 3.09. The lowest BCUT2D eigenvalue weighted by molar-refractivity contribution is -0.147. The van der Waals surface area contributed by atoms with Crippen LogP contribution in [0, 0.1) is 40.5 Å². The lowest BCUT2D eigenvalue weighted by Gasteiger charge is -2.12. The van der Waals surface area contributed by atoms with Crippen molar-refractivity contribution in [1.82, 2.24) is 0 Å². The van der Waals surface area contributed by atoms with Gasteiger partial charge in [-0.15, -0.1) is 0 Å². The minimum absolute atomic E-state index is 0.0201. The normalized spacial score (nSPS) is 20.7. The van der Waals surface area contributed by atoms with E-state index < -0.39 is 64.9 Å². The van der Waals surface area contributed by atoms with Gasteiger partial charge in [-0.1, -0.05) is 37.0 Å². The van der Waals surface area contributed by atoms with Crippen molar-refractivity contribution in [3.8, 4) is 0 Å². The van der Waals surface area contributed by atoms with Gasteiger partial charge in [0, 0.05) is 7.11 Å². The molecule has 0 unspecified atom stereocenters. The summed E-state index contributed by atoms with van der Waals surface area (Å²) in [6, 6.07) is 0. The molecule has 0 aliphatic heterocycles. The maximum atomic E-state index is 14.0. The maximum Gasteiger partial charge on any atom is 0.310 e. The zero-order chi connectivity index (χ0) is 19.8. The smallest absolute Gasteiger partial charge is 0.310 e. The fourth-order valence-corrected chi connectivity index (χ4v) is 3.20. The van der Waals surface area contributed by atoms with Crippen molar-refractivity contribution < 1.29 is 31.8 Å². The van der Waals surface area contributed by atoms with Crippen molar-refractivity contribution in [2.75, 3.05) is 7.11 Å².